The molecule has 16 nitrogen and oxygen atoms in total. The van der Waals surface area contributed by atoms with Crippen molar-refractivity contribution in [3.63, 3.8) is 0 Å². The van der Waals surface area contributed by atoms with Gasteiger partial charge in [0.2, 0.25) is 23.6 Å². The van der Waals surface area contributed by atoms with Crippen LogP contribution < -0.4 is 10.6 Å². The van der Waals surface area contributed by atoms with E-state index in [4.69, 9.17) is 21.7 Å². The summed E-state index contributed by atoms with van der Waals surface area (Å²) >= 11 is 5.77. The van der Waals surface area contributed by atoms with Crippen LogP contribution in [0.25, 0.3) is 0 Å². The highest BCUT2D eigenvalue weighted by molar-refractivity contribution is 7.80. The average molecular weight is 941 g/mol. The molecule has 8 unspecified atom stereocenters. The molecule has 3 N–H and O–H groups in total. The first-order valence-electron chi connectivity index (χ1n) is 23.5. The number of hydrogen-bond donors (Lipinski definition) is 3. The van der Waals surface area contributed by atoms with E-state index in [0.29, 0.717) is 43.6 Å². The maximum Gasteiger partial charge on any atom is 0.326 e. The molecule has 0 aliphatic carbocycles. The molecule has 1 saturated heterocycles. The van der Waals surface area contributed by atoms with Crippen LogP contribution in [0.4, 0.5) is 0 Å². The van der Waals surface area contributed by atoms with Crippen LogP contribution in [-0.2, 0) is 49.5 Å². The molecule has 0 bridgehead atoms. The van der Waals surface area contributed by atoms with Crippen molar-refractivity contribution in [3.05, 3.63) is 48.0 Å². The number of unbranched alkanes of at least 4 members (excludes halogenated alkanes) is 2. The van der Waals surface area contributed by atoms with Gasteiger partial charge in [0.05, 0.1) is 35.7 Å². The Labute approximate surface area is 397 Å². The number of imide groups is 1. The van der Waals surface area contributed by atoms with Crippen molar-refractivity contribution >= 4 is 58.6 Å². The SMILES string of the molecule is CCC(C)C(C(CC(=O)N1CCC[C@H]1C(OC)C(C)C(=S)NC(Cc1ccccc1)C(=O)O)OC)N(C)C(=O)C(NC(=O)C(C(C)C)N(C)C(=O)CCCCCN1C(=O)C=CC1=O)C(C)C. The van der Waals surface area contributed by atoms with Crippen molar-refractivity contribution in [3.8, 4) is 0 Å². The lowest BCUT2D eigenvalue weighted by Gasteiger charge is -2.41. The number of methoxy groups -OCH3 is 2. The van der Waals surface area contributed by atoms with E-state index in [2.05, 4.69) is 10.6 Å². The number of ether oxygens (including phenoxy) is 2. The van der Waals surface area contributed by atoms with Crippen LogP contribution in [-0.4, -0.2) is 155 Å². The van der Waals surface area contributed by atoms with E-state index in [1.54, 1.807) is 31.0 Å². The maximum absolute atomic E-state index is 14.6. The number of thiocarbonyl (C=S) groups is 1. The Balaban J connectivity index is 1.71. The summed E-state index contributed by atoms with van der Waals surface area (Å²) in [6.07, 6.45) is 5.38. The Kier molecular flexibility index (Phi) is 22.4. The van der Waals surface area contributed by atoms with E-state index >= 15 is 0 Å². The van der Waals surface area contributed by atoms with Crippen LogP contribution in [0.3, 0.4) is 0 Å². The fourth-order valence-corrected chi connectivity index (χ4v) is 9.54. The van der Waals surface area contributed by atoms with Gasteiger partial charge in [0.25, 0.3) is 11.8 Å². The molecule has 2 aliphatic rings. The first-order chi connectivity index (χ1) is 31.2. The molecule has 0 spiro atoms. The number of hydrogen-bond acceptors (Lipinski definition) is 10. The second-order valence-corrected chi connectivity index (χ2v) is 19.0. The van der Waals surface area contributed by atoms with Crippen LogP contribution >= 0.6 is 12.2 Å². The van der Waals surface area contributed by atoms with Crippen LogP contribution in [0, 0.1) is 23.7 Å². The number of carbonyl (C=O) groups is 7. The molecule has 0 saturated carbocycles. The van der Waals surface area contributed by atoms with Gasteiger partial charge in [-0.15, -0.1) is 0 Å². The zero-order valence-corrected chi connectivity index (χ0v) is 41.8. The number of nitrogens with one attached hydrogen (secondary N) is 2. The van der Waals surface area contributed by atoms with E-state index < -0.39 is 54.2 Å². The van der Waals surface area contributed by atoms with Crippen LogP contribution in [0.2, 0.25) is 0 Å². The smallest absolute Gasteiger partial charge is 0.326 e. The van der Waals surface area contributed by atoms with Crippen LogP contribution in [0.15, 0.2) is 42.5 Å². The summed E-state index contributed by atoms with van der Waals surface area (Å²) in [6, 6.07) is 5.66. The summed E-state index contributed by atoms with van der Waals surface area (Å²) in [6.45, 7) is 14.0. The molecule has 1 aromatic carbocycles. The van der Waals surface area contributed by atoms with Gasteiger partial charge in [0, 0.05) is 72.3 Å². The second kappa shape index (κ2) is 26.6. The Bertz CT molecular complexity index is 1840. The molecule has 2 aliphatic heterocycles. The number of likely N-dealkylation sites (tertiary alicyclic amines) is 1. The van der Waals surface area contributed by atoms with Crippen molar-refractivity contribution in [1.82, 2.24) is 30.2 Å². The van der Waals surface area contributed by atoms with E-state index in [1.807, 2.05) is 78.8 Å². The Hall–Kier alpha value is -4.74. The van der Waals surface area contributed by atoms with Gasteiger partial charge in [-0.25, -0.2) is 4.79 Å². The number of likely N-dealkylation sites (N-methyl/N-ethyl adjacent to an activating group) is 2. The predicted octanol–water partition coefficient (Wildman–Crippen LogP) is 4.63. The van der Waals surface area contributed by atoms with Crippen LogP contribution in [0.1, 0.15) is 105 Å². The van der Waals surface area contributed by atoms with Gasteiger partial charge in [-0.05, 0) is 49.0 Å². The fourth-order valence-electron chi connectivity index (χ4n) is 9.26. The molecular weight excluding hydrogens is 865 g/mol. The number of carboxylic acid groups (broad SMARTS) is 1. The molecule has 1 aromatic rings. The second-order valence-electron chi connectivity index (χ2n) is 18.6. The van der Waals surface area contributed by atoms with Crippen molar-refractivity contribution < 1.29 is 48.1 Å². The van der Waals surface area contributed by atoms with E-state index in [-0.39, 0.29) is 79.1 Å². The summed E-state index contributed by atoms with van der Waals surface area (Å²) in [5.74, 6) is -4.05. The monoisotopic (exact) mass is 941 g/mol. The highest BCUT2D eigenvalue weighted by Crippen LogP contribution is 2.30. The summed E-state index contributed by atoms with van der Waals surface area (Å²) in [5, 5.41) is 16.1. The van der Waals surface area contributed by atoms with Gasteiger partial charge in [-0.1, -0.05) is 104 Å². The zero-order chi connectivity index (χ0) is 49.4. The molecular formula is C49H76N6O10S. The lowest BCUT2D eigenvalue weighted by atomic mass is 9.89. The van der Waals surface area contributed by atoms with Crippen molar-refractivity contribution in [2.45, 2.75) is 149 Å². The van der Waals surface area contributed by atoms with E-state index in [1.165, 1.54) is 29.1 Å². The first kappa shape index (κ1) is 55.6. The Morgan fingerprint density at radius 3 is 2.06 bits per heavy atom. The lowest BCUT2D eigenvalue weighted by molar-refractivity contribution is -0.148. The number of nitrogens with zero attached hydrogens (tertiary/aromatic N) is 4. The summed E-state index contributed by atoms with van der Waals surface area (Å²) in [4.78, 5) is 98.7. The molecule has 9 atom stereocenters. The standard InChI is InChI=1S/C49H76N6O10S/c1-12-32(6)44(37(64-10)29-41(59)54-27-19-22-36(54)45(65-11)33(7)47(66)50-35(49(62)63)28-34-20-15-13-16-21-34)53(9)48(61)42(30(2)3)51-46(60)43(31(4)5)52(8)38(56)23-17-14-18-26-55-39(57)24-25-40(55)58/h13,15-16,20-21,24-25,30-33,35-37,42-45H,12,14,17-19,22-23,26-29H2,1-11H3,(H,50,66)(H,51,60)(H,62,63)/t32?,33?,35?,36-,37?,42?,43?,44?,45?/m0/s1. The molecule has 2 heterocycles. The zero-order valence-electron chi connectivity index (χ0n) is 41.0. The lowest BCUT2D eigenvalue weighted by Crippen LogP contribution is -2.60. The Morgan fingerprint density at radius 2 is 1.52 bits per heavy atom. The molecule has 0 aromatic heterocycles. The van der Waals surface area contributed by atoms with Crippen molar-refractivity contribution in [1.29, 1.82) is 0 Å². The topological polar surface area (TPSA) is 195 Å². The van der Waals surface area contributed by atoms with Gasteiger partial charge in [-0.2, -0.15) is 0 Å². The summed E-state index contributed by atoms with van der Waals surface area (Å²) < 4.78 is 12.1. The quantitative estimate of drug-likeness (QED) is 0.0630. The van der Waals surface area contributed by atoms with E-state index in [0.717, 1.165) is 12.0 Å². The number of benzene rings is 1. The number of carbonyl (C=O) groups excluding carboxylic acids is 6. The van der Waals surface area contributed by atoms with Crippen molar-refractivity contribution in [2.75, 3.05) is 41.4 Å². The normalized spacial score (nSPS) is 18.7. The largest absolute Gasteiger partial charge is 0.480 e. The molecule has 3 rings (SSSR count). The minimum absolute atomic E-state index is 0.0297. The maximum atomic E-state index is 14.6. The van der Waals surface area contributed by atoms with Crippen molar-refractivity contribution in [2.24, 2.45) is 23.7 Å². The van der Waals surface area contributed by atoms with Gasteiger partial charge in [-0.3, -0.25) is 33.7 Å². The predicted molar refractivity (Wildman–Crippen MR) is 256 cm³/mol. The molecule has 66 heavy (non-hydrogen) atoms. The summed E-state index contributed by atoms with van der Waals surface area (Å²) in [5.41, 5.74) is 0.855. The minimum Gasteiger partial charge on any atom is -0.480 e. The number of rotatable bonds is 27. The Morgan fingerprint density at radius 1 is 0.879 bits per heavy atom. The third kappa shape index (κ3) is 14.9. The van der Waals surface area contributed by atoms with E-state index in [9.17, 15) is 38.7 Å². The molecule has 368 valence electrons. The molecule has 17 heteroatoms. The number of aliphatic carboxylic acids is 1. The molecule has 0 radical (unpaired) electrons. The number of carboxylic acids is 1. The van der Waals surface area contributed by atoms with Gasteiger partial charge in [0.15, 0.2) is 0 Å². The minimum atomic E-state index is -1.03. The fraction of sp³-hybridized carbons (Fsp3) is 0.673. The first-order valence-corrected chi connectivity index (χ1v) is 23.9. The highest BCUT2D eigenvalue weighted by Gasteiger charge is 2.43. The third-order valence-electron chi connectivity index (χ3n) is 13.3. The van der Waals surface area contributed by atoms with Gasteiger partial charge in [0.1, 0.15) is 18.1 Å². The third-order valence-corrected chi connectivity index (χ3v) is 13.8. The average Bonchev–Trinajstić information content (AvgIpc) is 3.89. The number of amides is 6. The van der Waals surface area contributed by atoms with Gasteiger partial charge >= 0.3 is 5.97 Å². The summed E-state index contributed by atoms with van der Waals surface area (Å²) in [7, 11) is 6.36. The molecule has 6 amide bonds. The van der Waals surface area contributed by atoms with Crippen LogP contribution in [0.5, 0.6) is 0 Å². The highest BCUT2D eigenvalue weighted by atomic mass is 32.1. The molecule has 1 fully saturated rings. The van der Waals surface area contributed by atoms with Gasteiger partial charge < -0.3 is 39.9 Å².